The van der Waals surface area contributed by atoms with E-state index in [9.17, 15) is 9.18 Å². The van der Waals surface area contributed by atoms with Crippen molar-refractivity contribution in [2.75, 3.05) is 6.61 Å². The van der Waals surface area contributed by atoms with Crippen molar-refractivity contribution in [2.24, 2.45) is 0 Å². The molecule has 0 saturated heterocycles. The molecule has 0 aliphatic rings. The van der Waals surface area contributed by atoms with Crippen LogP contribution in [-0.2, 0) is 4.79 Å². The number of para-hydroxylation sites is 1. The number of hydrogen-bond donors (Lipinski definition) is 1. The number of ether oxygens (including phenoxy) is 1. The van der Waals surface area contributed by atoms with Crippen LogP contribution < -0.4 is 10.1 Å². The summed E-state index contributed by atoms with van der Waals surface area (Å²) < 4.78 is 19.5. The van der Waals surface area contributed by atoms with Gasteiger partial charge in [0.1, 0.15) is 0 Å². The van der Waals surface area contributed by atoms with Gasteiger partial charge in [-0.05, 0) is 36.8 Å². The monoisotopic (exact) mass is 351 g/mol. The number of rotatable bonds is 5. The van der Waals surface area contributed by atoms with E-state index in [2.05, 4.69) is 21.2 Å². The highest BCUT2D eigenvalue weighted by Crippen LogP contribution is 2.17. The van der Waals surface area contributed by atoms with Crippen molar-refractivity contribution < 1.29 is 13.9 Å². The number of benzene rings is 2. The maximum atomic E-state index is 13.3. The molecule has 0 heterocycles. The maximum absolute atomic E-state index is 13.3. The molecule has 1 atom stereocenters. The fraction of sp³-hybridized carbons (Fsp3) is 0.188. The first-order valence-corrected chi connectivity index (χ1v) is 7.27. The first kappa shape index (κ1) is 15.5. The molecule has 0 saturated carbocycles. The molecule has 0 bridgehead atoms. The quantitative estimate of drug-likeness (QED) is 0.888. The van der Waals surface area contributed by atoms with Gasteiger partial charge < -0.3 is 10.1 Å². The molecule has 21 heavy (non-hydrogen) atoms. The SMILES string of the molecule is C[C@H](NC(=O)COc1ccccc1F)c1ccc(Br)cc1. The van der Waals surface area contributed by atoms with Gasteiger partial charge >= 0.3 is 0 Å². The van der Waals surface area contributed by atoms with E-state index in [1.807, 2.05) is 31.2 Å². The Balaban J connectivity index is 1.87. The van der Waals surface area contributed by atoms with Crippen LogP contribution in [0.5, 0.6) is 5.75 Å². The predicted molar refractivity (Wildman–Crippen MR) is 82.6 cm³/mol. The van der Waals surface area contributed by atoms with Crippen LogP contribution in [0.4, 0.5) is 4.39 Å². The van der Waals surface area contributed by atoms with Gasteiger partial charge in [-0.25, -0.2) is 4.39 Å². The largest absolute Gasteiger partial charge is 0.481 e. The number of carbonyl (C=O) groups excluding carboxylic acids is 1. The highest BCUT2D eigenvalue weighted by Gasteiger charge is 2.11. The molecule has 0 fully saturated rings. The van der Waals surface area contributed by atoms with E-state index in [1.54, 1.807) is 12.1 Å². The van der Waals surface area contributed by atoms with Gasteiger partial charge in [0.25, 0.3) is 5.91 Å². The molecular weight excluding hydrogens is 337 g/mol. The van der Waals surface area contributed by atoms with Gasteiger partial charge in [0.2, 0.25) is 0 Å². The van der Waals surface area contributed by atoms with E-state index in [4.69, 9.17) is 4.74 Å². The molecule has 3 nitrogen and oxygen atoms in total. The molecule has 110 valence electrons. The van der Waals surface area contributed by atoms with E-state index in [-0.39, 0.29) is 24.3 Å². The zero-order chi connectivity index (χ0) is 15.2. The second kappa shape index (κ2) is 7.22. The van der Waals surface area contributed by atoms with Crippen LogP contribution in [-0.4, -0.2) is 12.5 Å². The van der Waals surface area contributed by atoms with Crippen molar-refractivity contribution in [1.82, 2.24) is 5.32 Å². The Kier molecular flexibility index (Phi) is 5.33. The lowest BCUT2D eigenvalue weighted by atomic mass is 10.1. The summed E-state index contributed by atoms with van der Waals surface area (Å²) in [5, 5.41) is 2.80. The Bertz CT molecular complexity index is 616. The first-order chi connectivity index (χ1) is 10.1. The third kappa shape index (κ3) is 4.56. The summed E-state index contributed by atoms with van der Waals surface area (Å²) in [4.78, 5) is 11.8. The second-order valence-corrected chi connectivity index (χ2v) is 5.48. The van der Waals surface area contributed by atoms with E-state index >= 15 is 0 Å². The molecule has 0 aliphatic heterocycles. The number of amides is 1. The average molecular weight is 352 g/mol. The van der Waals surface area contributed by atoms with Gasteiger partial charge in [0, 0.05) is 4.47 Å². The highest BCUT2D eigenvalue weighted by atomic mass is 79.9. The van der Waals surface area contributed by atoms with Crippen molar-refractivity contribution in [3.63, 3.8) is 0 Å². The normalized spacial score (nSPS) is 11.8. The number of nitrogens with one attached hydrogen (secondary N) is 1. The van der Waals surface area contributed by atoms with Crippen LogP contribution in [0.25, 0.3) is 0 Å². The number of halogens is 2. The van der Waals surface area contributed by atoms with Gasteiger partial charge in [0.15, 0.2) is 18.2 Å². The van der Waals surface area contributed by atoms with Crippen molar-refractivity contribution in [2.45, 2.75) is 13.0 Å². The summed E-state index contributed by atoms with van der Waals surface area (Å²) in [6.07, 6.45) is 0. The summed E-state index contributed by atoms with van der Waals surface area (Å²) in [6, 6.07) is 13.5. The smallest absolute Gasteiger partial charge is 0.258 e. The maximum Gasteiger partial charge on any atom is 0.258 e. The van der Waals surface area contributed by atoms with Gasteiger partial charge in [-0.1, -0.05) is 40.2 Å². The summed E-state index contributed by atoms with van der Waals surface area (Å²) in [5.74, 6) is -0.705. The van der Waals surface area contributed by atoms with Gasteiger partial charge in [0.05, 0.1) is 6.04 Å². The zero-order valence-corrected chi connectivity index (χ0v) is 13.1. The van der Waals surface area contributed by atoms with Crippen LogP contribution in [0, 0.1) is 5.82 Å². The standard InChI is InChI=1S/C16H15BrFNO2/c1-11(12-6-8-13(17)9-7-12)19-16(20)10-21-15-5-3-2-4-14(15)18/h2-9,11H,10H2,1H3,(H,19,20)/t11-/m0/s1. The van der Waals surface area contributed by atoms with Crippen LogP contribution in [0.2, 0.25) is 0 Å². The average Bonchev–Trinajstić information content (AvgIpc) is 2.47. The molecule has 0 radical (unpaired) electrons. The topological polar surface area (TPSA) is 38.3 Å². The number of carbonyl (C=O) groups is 1. The molecule has 1 N–H and O–H groups in total. The molecular formula is C16H15BrFNO2. The van der Waals surface area contributed by atoms with Crippen molar-refractivity contribution in [1.29, 1.82) is 0 Å². The Hall–Kier alpha value is -1.88. The fourth-order valence-electron chi connectivity index (χ4n) is 1.82. The van der Waals surface area contributed by atoms with Crippen LogP contribution in [0.15, 0.2) is 53.0 Å². The van der Waals surface area contributed by atoms with E-state index in [0.717, 1.165) is 10.0 Å². The minimum absolute atomic E-state index is 0.0731. The molecule has 0 spiro atoms. The Morgan fingerprint density at radius 3 is 2.57 bits per heavy atom. The Morgan fingerprint density at radius 1 is 1.24 bits per heavy atom. The lowest BCUT2D eigenvalue weighted by Crippen LogP contribution is -2.31. The summed E-state index contributed by atoms with van der Waals surface area (Å²) in [7, 11) is 0. The molecule has 2 aromatic rings. The second-order valence-electron chi connectivity index (χ2n) is 4.56. The summed E-state index contributed by atoms with van der Waals surface area (Å²) in [5.41, 5.74) is 0.984. The molecule has 1 amide bonds. The lowest BCUT2D eigenvalue weighted by Gasteiger charge is -2.15. The summed E-state index contributed by atoms with van der Waals surface area (Å²) >= 11 is 3.36. The zero-order valence-electron chi connectivity index (χ0n) is 11.5. The molecule has 0 unspecified atom stereocenters. The first-order valence-electron chi connectivity index (χ1n) is 6.48. The minimum Gasteiger partial charge on any atom is -0.481 e. The third-order valence-electron chi connectivity index (χ3n) is 2.94. The van der Waals surface area contributed by atoms with Gasteiger partial charge in [-0.3, -0.25) is 4.79 Å². The lowest BCUT2D eigenvalue weighted by molar-refractivity contribution is -0.123. The molecule has 0 aromatic heterocycles. The van der Waals surface area contributed by atoms with Crippen LogP contribution >= 0.6 is 15.9 Å². The molecule has 5 heteroatoms. The highest BCUT2D eigenvalue weighted by molar-refractivity contribution is 9.10. The van der Waals surface area contributed by atoms with Crippen molar-refractivity contribution >= 4 is 21.8 Å². The molecule has 2 aromatic carbocycles. The fourth-order valence-corrected chi connectivity index (χ4v) is 2.09. The van der Waals surface area contributed by atoms with E-state index in [0.29, 0.717) is 0 Å². The number of hydrogen-bond acceptors (Lipinski definition) is 2. The third-order valence-corrected chi connectivity index (χ3v) is 3.47. The van der Waals surface area contributed by atoms with E-state index < -0.39 is 5.82 Å². The van der Waals surface area contributed by atoms with Crippen LogP contribution in [0.3, 0.4) is 0 Å². The molecule has 0 aliphatic carbocycles. The van der Waals surface area contributed by atoms with Crippen molar-refractivity contribution in [3.05, 3.63) is 64.4 Å². The predicted octanol–water partition coefficient (Wildman–Crippen LogP) is 3.84. The summed E-state index contributed by atoms with van der Waals surface area (Å²) in [6.45, 7) is 1.66. The van der Waals surface area contributed by atoms with Crippen molar-refractivity contribution in [3.8, 4) is 5.75 Å². The Morgan fingerprint density at radius 2 is 1.90 bits per heavy atom. The van der Waals surface area contributed by atoms with E-state index in [1.165, 1.54) is 12.1 Å². The van der Waals surface area contributed by atoms with Gasteiger partial charge in [-0.15, -0.1) is 0 Å². The van der Waals surface area contributed by atoms with Gasteiger partial charge in [-0.2, -0.15) is 0 Å². The molecule has 2 rings (SSSR count). The van der Waals surface area contributed by atoms with Crippen LogP contribution in [0.1, 0.15) is 18.5 Å². The minimum atomic E-state index is -0.480. The Labute approximate surface area is 131 Å².